The van der Waals surface area contributed by atoms with Crippen LogP contribution >= 0.6 is 70.2 Å². The zero-order valence-corrected chi connectivity index (χ0v) is 69.3. The zero-order chi connectivity index (χ0) is 81.0. The maximum absolute atomic E-state index is 13.4. The van der Waals surface area contributed by atoms with Gasteiger partial charge in [0.2, 0.25) is 46.3 Å². The van der Waals surface area contributed by atoms with Crippen LogP contribution in [0.15, 0.2) is 202 Å². The molecule has 8 heterocycles. The number of ether oxygens (including phenoxy) is 6. The zero-order valence-electron chi connectivity index (χ0n) is 64.5. The first kappa shape index (κ1) is 81.9. The van der Waals surface area contributed by atoms with Gasteiger partial charge in [-0.3, -0.25) is 48.2 Å². The third kappa shape index (κ3) is 17.6. The molecule has 4 saturated heterocycles. The van der Waals surface area contributed by atoms with Crippen molar-refractivity contribution in [2.24, 2.45) is 0 Å². The fraction of sp³-hybridized carbons (Fsp3) is 0.348. The number of carbonyl (C=O) groups excluding carboxylic acids is 8. The molecule has 8 aliphatic heterocycles. The minimum Gasteiger partial charge on any atom is -0.494 e. The second-order valence-electron chi connectivity index (χ2n) is 31.2. The molecule has 25 heteroatoms. The summed E-state index contributed by atoms with van der Waals surface area (Å²) < 4.78 is 51.0. The molecule has 0 saturated carbocycles. The highest BCUT2D eigenvalue weighted by atomic mass is 35.5. The fourth-order valence-electron chi connectivity index (χ4n) is 16.7. The van der Waals surface area contributed by atoms with Gasteiger partial charge in [0.15, 0.2) is 0 Å². The standard InChI is InChI=1S/C25H25NO4S.C24H22ClNO4S.C23H19ClFNO3S.C20H21NO3S/c27-21-19-9-4-5-10-20(19)23-24(22(21)28)31-17-25(30-23)11-14-26(15-12-25)13-6-16-29-18-7-2-1-3-8-18;25-16-5-7-17(8-6-16)29-14-13-26-11-9-24(10-12-26)15-31-23-21(28)20(27)18-3-1-2-4-19(18)22(23)30-24;24-17-11-14(5-6-18(17)25)12-26-9-7-23(8-10-26)13-30-22-20(28)19(27)15-3-1-2-4-16(15)21(22)29-23;1-2-3-10-21-11-8-20(9-12-21)13-25-19-17(23)16(22)14-6-4-5-7-15(14)18(19)24-20/h1-5,7-10H,6,11-17H2;1-8H,9-15H2;1-6,11H,7-10,12-13H2;2,4-7H,1,3,8-13H2. The van der Waals surface area contributed by atoms with Crippen LogP contribution in [0.5, 0.6) is 11.5 Å². The molecule has 12 aliphatic rings. The lowest BCUT2D eigenvalue weighted by atomic mass is 9.90. The average molecular weight is 1690 g/mol. The number of hydrogen-bond donors (Lipinski definition) is 0. The molecule has 18 nitrogen and oxygen atoms in total. The molecule has 117 heavy (non-hydrogen) atoms. The van der Waals surface area contributed by atoms with Crippen LogP contribution in [0.1, 0.15) is 133 Å². The molecule has 0 unspecified atom stereocenters. The lowest BCUT2D eigenvalue weighted by molar-refractivity contribution is -0.112. The number of para-hydroxylation sites is 1. The summed E-state index contributed by atoms with van der Waals surface area (Å²) in [7, 11) is 0. The van der Waals surface area contributed by atoms with Gasteiger partial charge in [0.05, 0.1) is 11.6 Å². The van der Waals surface area contributed by atoms with Gasteiger partial charge in [-0.05, 0) is 66.9 Å². The van der Waals surface area contributed by atoms with Gasteiger partial charge in [-0.15, -0.1) is 53.6 Å². The predicted octanol–water partition coefficient (Wildman–Crippen LogP) is 16.6. The quantitative estimate of drug-likeness (QED) is 0.0564. The first-order chi connectivity index (χ1) is 56.8. The number of Topliss-reactive ketones (excluding diaryl/α,β-unsaturated/α-hetero) is 8. The van der Waals surface area contributed by atoms with Crippen molar-refractivity contribution in [2.75, 3.05) is 108 Å². The Labute approximate surface area is 706 Å². The summed E-state index contributed by atoms with van der Waals surface area (Å²) in [6.07, 6.45) is 11.0. The van der Waals surface area contributed by atoms with Gasteiger partial charge in [-0.1, -0.05) is 151 Å². The van der Waals surface area contributed by atoms with Gasteiger partial charge in [-0.25, -0.2) is 4.39 Å². The van der Waals surface area contributed by atoms with Crippen molar-refractivity contribution >= 4 is 140 Å². The minimum absolute atomic E-state index is 0.141. The van der Waals surface area contributed by atoms with Crippen molar-refractivity contribution in [3.05, 3.63) is 268 Å². The van der Waals surface area contributed by atoms with E-state index in [9.17, 15) is 42.7 Å². The summed E-state index contributed by atoms with van der Waals surface area (Å²) in [5, 5.41) is 0.839. The van der Waals surface area contributed by atoms with Gasteiger partial charge in [0, 0.05) is 202 Å². The van der Waals surface area contributed by atoms with E-state index in [0.717, 1.165) is 181 Å². The Hall–Kier alpha value is -8.85. The Morgan fingerprint density at radius 3 is 1.07 bits per heavy atom. The van der Waals surface area contributed by atoms with Gasteiger partial charge in [-0.2, -0.15) is 0 Å². The molecule has 0 N–H and O–H groups in total. The SMILES string of the molecule is C=CCCN1CCC2(CC1)CSC1=C(O2)c2ccccc2C(=O)C1=O.O=C1C(=O)c2ccccc2C2=C1SCC1(CCN(CCCOc3ccccc3)CC1)O2.O=C1C(=O)c2ccccc2C2=C1SCC1(CCN(CCOc3ccc(Cl)cc3)CC1)O2.O=C1C(=O)c2ccccc2C2=C1SCC1(CCN(Cc3ccc(F)c(Cl)c3)CC1)O2. The lowest BCUT2D eigenvalue weighted by Crippen LogP contribution is -2.50. The molecule has 4 aliphatic carbocycles. The monoisotopic (exact) mass is 1690 g/mol. The van der Waals surface area contributed by atoms with E-state index in [1.165, 1.54) is 53.1 Å². The van der Waals surface area contributed by atoms with Crippen LogP contribution in [-0.2, 0) is 44.7 Å². The summed E-state index contributed by atoms with van der Waals surface area (Å²) in [6, 6.07) is 51.1. The summed E-state index contributed by atoms with van der Waals surface area (Å²) in [5.74, 6) is 3.05. The highest BCUT2D eigenvalue weighted by molar-refractivity contribution is 8.05. The molecule has 4 fully saturated rings. The molecule has 0 radical (unpaired) electrons. The van der Waals surface area contributed by atoms with Crippen molar-refractivity contribution in [1.29, 1.82) is 0 Å². The normalized spacial score (nSPS) is 20.8. The molecular weight excluding hydrogens is 1600 g/mol. The number of benzene rings is 7. The second-order valence-corrected chi connectivity index (χ2v) is 36.0. The largest absolute Gasteiger partial charge is 0.494 e. The van der Waals surface area contributed by atoms with Crippen molar-refractivity contribution in [1.82, 2.24) is 19.6 Å². The summed E-state index contributed by atoms with van der Waals surface area (Å²) in [4.78, 5) is 111. The van der Waals surface area contributed by atoms with Crippen LogP contribution in [0.4, 0.5) is 4.39 Å². The number of rotatable bonds is 14. The number of halogens is 3. The first-order valence-electron chi connectivity index (χ1n) is 39.8. The van der Waals surface area contributed by atoms with Crippen LogP contribution in [0.2, 0.25) is 10.0 Å². The fourth-order valence-corrected chi connectivity index (χ4v) is 22.1. The Bertz CT molecular complexity index is 5230. The number of likely N-dealkylation sites (tertiary alicyclic amines) is 4. The number of thioether (sulfide) groups is 4. The van der Waals surface area contributed by atoms with E-state index in [1.54, 1.807) is 60.7 Å². The average Bonchev–Trinajstić information content (AvgIpc) is 0.759. The van der Waals surface area contributed by atoms with Crippen LogP contribution in [0, 0.1) is 5.82 Å². The molecular formula is C92H87Cl2FN4O14S4. The van der Waals surface area contributed by atoms with Crippen LogP contribution in [0.25, 0.3) is 23.0 Å². The second kappa shape index (κ2) is 35.6. The van der Waals surface area contributed by atoms with Gasteiger partial charge in [0.25, 0.3) is 0 Å². The van der Waals surface area contributed by atoms with E-state index < -0.39 is 52.1 Å². The Balaban J connectivity index is 0.000000117. The van der Waals surface area contributed by atoms with E-state index >= 15 is 0 Å². The minimum atomic E-state index is -0.464. The molecule has 0 aromatic heterocycles. The highest BCUT2D eigenvalue weighted by Crippen LogP contribution is 2.52. The number of ketones is 8. The Kier molecular flexibility index (Phi) is 24.9. The van der Waals surface area contributed by atoms with Crippen molar-refractivity contribution in [3.63, 3.8) is 0 Å². The molecule has 4 spiro atoms. The molecule has 0 atom stereocenters. The molecule has 7 aromatic carbocycles. The number of hydrogen-bond acceptors (Lipinski definition) is 22. The third-order valence-corrected chi connectivity index (χ3v) is 29.4. The van der Waals surface area contributed by atoms with E-state index in [2.05, 4.69) is 26.2 Å². The summed E-state index contributed by atoms with van der Waals surface area (Å²) in [5.41, 5.74) is 4.59. The van der Waals surface area contributed by atoms with E-state index in [1.807, 2.05) is 109 Å². The Morgan fingerprint density at radius 1 is 0.376 bits per heavy atom. The van der Waals surface area contributed by atoms with Crippen LogP contribution in [-0.4, -0.2) is 196 Å². The smallest absolute Gasteiger partial charge is 0.243 e. The molecule has 19 rings (SSSR count). The Morgan fingerprint density at radius 2 is 0.701 bits per heavy atom. The topological polar surface area (TPSA) is 205 Å². The maximum Gasteiger partial charge on any atom is 0.243 e. The highest BCUT2D eigenvalue weighted by Gasteiger charge is 2.51. The number of nitrogens with zero attached hydrogens (tertiary/aromatic N) is 4. The van der Waals surface area contributed by atoms with E-state index in [0.29, 0.717) is 107 Å². The summed E-state index contributed by atoms with van der Waals surface area (Å²) in [6.45, 7) is 16.1. The van der Waals surface area contributed by atoms with Gasteiger partial charge >= 0.3 is 0 Å². The molecule has 0 amide bonds. The molecule has 7 aromatic rings. The summed E-state index contributed by atoms with van der Waals surface area (Å²) >= 11 is 17.7. The van der Waals surface area contributed by atoms with Gasteiger partial charge in [0.1, 0.15) is 89.0 Å². The van der Waals surface area contributed by atoms with Crippen molar-refractivity contribution in [2.45, 2.75) is 93.2 Å². The maximum atomic E-state index is 13.4. The number of piperidine rings is 4. The third-order valence-electron chi connectivity index (χ3n) is 23.6. The molecule has 0 bridgehead atoms. The predicted molar refractivity (Wildman–Crippen MR) is 457 cm³/mol. The van der Waals surface area contributed by atoms with Crippen LogP contribution < -0.4 is 9.47 Å². The van der Waals surface area contributed by atoms with Crippen molar-refractivity contribution < 1.29 is 71.2 Å². The van der Waals surface area contributed by atoms with E-state index in [4.69, 9.17) is 51.6 Å². The number of allylic oxidation sites excluding steroid dienone is 4. The van der Waals surface area contributed by atoms with Crippen molar-refractivity contribution in [3.8, 4) is 11.5 Å². The first-order valence-corrected chi connectivity index (χ1v) is 44.5. The molecule has 604 valence electrons. The van der Waals surface area contributed by atoms with Gasteiger partial charge < -0.3 is 38.2 Å². The number of fused-ring (bicyclic) bond motifs is 8. The number of carbonyl (C=O) groups is 8. The van der Waals surface area contributed by atoms with Crippen LogP contribution in [0.3, 0.4) is 0 Å². The lowest BCUT2D eigenvalue weighted by Gasteiger charge is -2.45. The van der Waals surface area contributed by atoms with E-state index in [-0.39, 0.29) is 27.4 Å².